The van der Waals surface area contributed by atoms with Crippen LogP contribution < -0.4 is 15.4 Å². The normalized spacial score (nSPS) is 12.6. The topological polar surface area (TPSA) is 155 Å². The highest BCUT2D eigenvalue weighted by atomic mass is 16.6. The van der Waals surface area contributed by atoms with E-state index in [9.17, 15) is 24.3 Å². The summed E-state index contributed by atoms with van der Waals surface area (Å²) in [4.78, 5) is 49.4. The summed E-state index contributed by atoms with van der Waals surface area (Å²) < 4.78 is 10.6. The van der Waals surface area contributed by atoms with Gasteiger partial charge in [-0.1, -0.05) is 37.3 Å². The fourth-order valence-corrected chi connectivity index (χ4v) is 2.78. The smallest absolute Gasteiger partial charge is 0.413 e. The van der Waals surface area contributed by atoms with Crippen molar-refractivity contribution in [3.05, 3.63) is 65.7 Å². The van der Waals surface area contributed by atoms with Gasteiger partial charge in [-0.25, -0.2) is 9.59 Å². The largest absolute Gasteiger partial charge is 0.476 e. The molecule has 180 valence electrons. The maximum Gasteiger partial charge on any atom is 0.413 e. The van der Waals surface area contributed by atoms with E-state index in [4.69, 9.17) is 14.9 Å². The molecule has 0 aliphatic carbocycles. The quantitative estimate of drug-likeness (QED) is 0.200. The third kappa shape index (κ3) is 6.64. The molecule has 10 nitrogen and oxygen atoms in total. The van der Waals surface area contributed by atoms with Gasteiger partial charge in [-0.05, 0) is 45.0 Å². The Balaban J connectivity index is 2.22. The van der Waals surface area contributed by atoms with Gasteiger partial charge in [-0.2, -0.15) is 0 Å². The zero-order valence-electron chi connectivity index (χ0n) is 19.3. The summed E-state index contributed by atoms with van der Waals surface area (Å²) in [5.41, 5.74) is -3.07. The number of benzene rings is 2. The molecule has 0 fully saturated rings. The van der Waals surface area contributed by atoms with Crippen molar-refractivity contribution in [1.29, 1.82) is 5.41 Å². The SMILES string of the molecule is CCC(=O)C(NC(=O)c1ccc(C(=N)NC(=O)OC(C)(C)C)cc1)(Oc1ccccc1)C(=O)O. The van der Waals surface area contributed by atoms with Crippen LogP contribution in [0.5, 0.6) is 5.75 Å². The Kier molecular flexibility index (Phi) is 8.12. The number of alkyl carbamates (subject to hydrolysis) is 1. The van der Waals surface area contributed by atoms with Gasteiger partial charge >= 0.3 is 17.8 Å². The molecule has 1 atom stereocenters. The number of hydrogen-bond acceptors (Lipinski definition) is 7. The van der Waals surface area contributed by atoms with Gasteiger partial charge in [0.15, 0.2) is 0 Å². The van der Waals surface area contributed by atoms with Crippen LogP contribution in [-0.2, 0) is 14.3 Å². The molecule has 0 aliphatic heterocycles. The molecule has 0 saturated carbocycles. The number of amidine groups is 1. The lowest BCUT2D eigenvalue weighted by Crippen LogP contribution is -2.64. The second-order valence-corrected chi connectivity index (χ2v) is 8.21. The minimum absolute atomic E-state index is 0.0139. The van der Waals surface area contributed by atoms with E-state index in [0.29, 0.717) is 0 Å². The lowest BCUT2D eigenvalue weighted by atomic mass is 10.0. The first-order valence-corrected chi connectivity index (χ1v) is 10.4. The standard InChI is InChI=1S/C24H27N3O7/c1-5-18(28)24(21(30)31,33-17-9-7-6-8-10-17)27-20(29)16-13-11-15(12-14-16)19(25)26-22(32)34-23(2,3)4/h6-14H,5H2,1-4H3,(H,27,29)(H,30,31)(H2,25,26,32). The number of carbonyl (C=O) groups is 4. The molecule has 0 heterocycles. The average Bonchev–Trinajstić information content (AvgIpc) is 2.77. The van der Waals surface area contributed by atoms with Gasteiger partial charge in [0.1, 0.15) is 17.2 Å². The molecule has 0 radical (unpaired) electrons. The van der Waals surface area contributed by atoms with Gasteiger partial charge in [-0.15, -0.1) is 0 Å². The van der Waals surface area contributed by atoms with Crippen molar-refractivity contribution in [3.63, 3.8) is 0 Å². The Bertz CT molecular complexity index is 1080. The highest BCUT2D eigenvalue weighted by Gasteiger charge is 2.49. The summed E-state index contributed by atoms with van der Waals surface area (Å²) in [7, 11) is 0. The molecule has 2 amide bonds. The molecule has 2 rings (SSSR count). The minimum Gasteiger partial charge on any atom is -0.476 e. The Hall–Kier alpha value is -4.21. The molecule has 2 aromatic rings. The number of aliphatic carboxylic acids is 1. The molecular formula is C24H27N3O7. The third-order valence-corrected chi connectivity index (χ3v) is 4.38. The maximum absolute atomic E-state index is 12.8. The molecular weight excluding hydrogens is 442 g/mol. The number of para-hydroxylation sites is 1. The van der Waals surface area contributed by atoms with E-state index in [-0.39, 0.29) is 29.1 Å². The van der Waals surface area contributed by atoms with Crippen molar-refractivity contribution >= 4 is 29.6 Å². The predicted molar refractivity (Wildman–Crippen MR) is 123 cm³/mol. The van der Waals surface area contributed by atoms with Crippen LogP contribution in [0.1, 0.15) is 50.0 Å². The first kappa shape index (κ1) is 26.0. The Morgan fingerprint density at radius 1 is 0.941 bits per heavy atom. The monoisotopic (exact) mass is 469 g/mol. The molecule has 34 heavy (non-hydrogen) atoms. The number of rotatable bonds is 8. The number of ether oxygens (including phenoxy) is 2. The van der Waals surface area contributed by atoms with E-state index < -0.39 is 35.1 Å². The maximum atomic E-state index is 12.8. The number of carboxylic acid groups (broad SMARTS) is 1. The molecule has 4 N–H and O–H groups in total. The molecule has 10 heteroatoms. The number of carboxylic acids is 1. The van der Waals surface area contributed by atoms with Crippen LogP contribution in [0.25, 0.3) is 0 Å². The van der Waals surface area contributed by atoms with Crippen molar-refractivity contribution in [2.75, 3.05) is 0 Å². The van der Waals surface area contributed by atoms with E-state index in [1.807, 2.05) is 0 Å². The van der Waals surface area contributed by atoms with Crippen LogP contribution in [0.3, 0.4) is 0 Å². The Morgan fingerprint density at radius 2 is 1.50 bits per heavy atom. The number of amides is 2. The summed E-state index contributed by atoms with van der Waals surface area (Å²) in [6, 6.07) is 13.2. The first-order valence-electron chi connectivity index (χ1n) is 10.4. The van der Waals surface area contributed by atoms with Gasteiger partial charge in [0.25, 0.3) is 5.91 Å². The predicted octanol–water partition coefficient (Wildman–Crippen LogP) is 3.11. The number of ketones is 1. The van der Waals surface area contributed by atoms with Crippen molar-refractivity contribution < 1.29 is 33.8 Å². The number of Topliss-reactive ketones (excluding diaryl/α,β-unsaturated/α-hetero) is 1. The highest BCUT2D eigenvalue weighted by Crippen LogP contribution is 2.20. The molecule has 0 aliphatic rings. The Morgan fingerprint density at radius 3 is 2.00 bits per heavy atom. The molecule has 0 aromatic heterocycles. The zero-order valence-corrected chi connectivity index (χ0v) is 19.3. The fraction of sp³-hybridized carbons (Fsp3) is 0.292. The van der Waals surface area contributed by atoms with Crippen LogP contribution in [0.15, 0.2) is 54.6 Å². The Labute approximate surface area is 196 Å². The lowest BCUT2D eigenvalue weighted by molar-refractivity contribution is -0.164. The fourth-order valence-electron chi connectivity index (χ4n) is 2.78. The second-order valence-electron chi connectivity index (χ2n) is 8.21. The van der Waals surface area contributed by atoms with Crippen LogP contribution in [-0.4, -0.2) is 46.0 Å². The van der Waals surface area contributed by atoms with Gasteiger partial charge in [0, 0.05) is 17.5 Å². The summed E-state index contributed by atoms with van der Waals surface area (Å²) in [5.74, 6) is -3.56. The highest BCUT2D eigenvalue weighted by molar-refractivity contribution is 6.11. The molecule has 1 unspecified atom stereocenters. The van der Waals surface area contributed by atoms with Crippen molar-refractivity contribution in [3.8, 4) is 5.75 Å². The summed E-state index contributed by atoms with van der Waals surface area (Å²) >= 11 is 0. The van der Waals surface area contributed by atoms with Crippen molar-refractivity contribution in [2.45, 2.75) is 45.4 Å². The van der Waals surface area contributed by atoms with Crippen LogP contribution in [0, 0.1) is 5.41 Å². The number of hydrogen-bond donors (Lipinski definition) is 4. The van der Waals surface area contributed by atoms with E-state index >= 15 is 0 Å². The third-order valence-electron chi connectivity index (χ3n) is 4.38. The molecule has 0 saturated heterocycles. The summed E-state index contributed by atoms with van der Waals surface area (Å²) in [6.45, 7) is 6.52. The first-order chi connectivity index (χ1) is 15.9. The minimum atomic E-state index is -2.63. The van der Waals surface area contributed by atoms with Crippen molar-refractivity contribution in [2.24, 2.45) is 0 Å². The van der Waals surface area contributed by atoms with E-state index in [2.05, 4.69) is 10.6 Å². The van der Waals surface area contributed by atoms with Gasteiger partial charge in [0.2, 0.25) is 5.78 Å². The average molecular weight is 469 g/mol. The number of nitrogens with one attached hydrogen (secondary N) is 3. The molecule has 0 bridgehead atoms. The van der Waals surface area contributed by atoms with Gasteiger partial charge in [0.05, 0.1) is 0 Å². The van der Waals surface area contributed by atoms with Gasteiger partial charge in [-0.3, -0.25) is 25.6 Å². The molecule has 2 aromatic carbocycles. The van der Waals surface area contributed by atoms with Crippen LogP contribution >= 0.6 is 0 Å². The molecule has 0 spiro atoms. The van der Waals surface area contributed by atoms with E-state index in [1.165, 1.54) is 43.3 Å². The summed E-state index contributed by atoms with van der Waals surface area (Å²) in [5, 5.41) is 22.3. The summed E-state index contributed by atoms with van der Waals surface area (Å²) in [6.07, 6.45) is -1.01. The zero-order chi connectivity index (χ0) is 25.5. The number of carbonyl (C=O) groups excluding carboxylic acids is 3. The van der Waals surface area contributed by atoms with Gasteiger partial charge < -0.3 is 14.6 Å². The van der Waals surface area contributed by atoms with E-state index in [0.717, 1.165) is 0 Å². The van der Waals surface area contributed by atoms with Crippen LogP contribution in [0.4, 0.5) is 4.79 Å². The lowest BCUT2D eigenvalue weighted by Gasteiger charge is -2.29. The van der Waals surface area contributed by atoms with Crippen LogP contribution in [0.2, 0.25) is 0 Å². The second kappa shape index (κ2) is 10.6. The van der Waals surface area contributed by atoms with Crippen molar-refractivity contribution in [1.82, 2.24) is 10.6 Å². The van der Waals surface area contributed by atoms with E-state index in [1.54, 1.807) is 39.0 Å².